The molecule has 5 nitrogen and oxygen atoms in total. The Labute approximate surface area is 120 Å². The molecule has 0 aliphatic carbocycles. The van der Waals surface area contributed by atoms with Crippen molar-refractivity contribution in [2.45, 2.75) is 6.92 Å². The van der Waals surface area contributed by atoms with Crippen LogP contribution in [0.1, 0.15) is 5.56 Å². The van der Waals surface area contributed by atoms with Crippen LogP contribution in [0.4, 0.5) is 5.69 Å². The fourth-order valence-corrected chi connectivity index (χ4v) is 1.65. The summed E-state index contributed by atoms with van der Waals surface area (Å²) in [5, 5.41) is 10.5. The lowest BCUT2D eigenvalue weighted by molar-refractivity contribution is -0.384. The molecule has 2 aromatic rings. The molecule has 0 fully saturated rings. The van der Waals surface area contributed by atoms with Crippen molar-refractivity contribution in [3.63, 3.8) is 0 Å². The van der Waals surface area contributed by atoms with Crippen molar-refractivity contribution in [2.24, 2.45) is 0 Å². The standard InChI is InChI=1S/C14H11NO4S/c1-10-2-6-12(7-3-10)18-14(20)19-13-8-4-11(5-9-13)15(16)17/h2-9H,1H3. The van der Waals surface area contributed by atoms with E-state index in [1.165, 1.54) is 24.3 Å². The van der Waals surface area contributed by atoms with Crippen LogP contribution in [0.5, 0.6) is 11.5 Å². The Balaban J connectivity index is 1.97. The van der Waals surface area contributed by atoms with Crippen LogP contribution >= 0.6 is 12.2 Å². The minimum Gasteiger partial charge on any atom is -0.417 e. The zero-order valence-electron chi connectivity index (χ0n) is 10.6. The van der Waals surface area contributed by atoms with Gasteiger partial charge in [0.1, 0.15) is 11.5 Å². The summed E-state index contributed by atoms with van der Waals surface area (Å²) < 4.78 is 10.6. The van der Waals surface area contributed by atoms with E-state index in [1.54, 1.807) is 12.1 Å². The molecule has 102 valence electrons. The smallest absolute Gasteiger partial charge is 0.363 e. The second kappa shape index (κ2) is 6.12. The molecule has 0 saturated heterocycles. The number of nitro benzene ring substituents is 1. The molecule has 0 amide bonds. The number of nitro groups is 1. The van der Waals surface area contributed by atoms with E-state index < -0.39 is 4.92 Å². The molecule has 0 spiro atoms. The highest BCUT2D eigenvalue weighted by molar-refractivity contribution is 7.79. The molecule has 6 heteroatoms. The Morgan fingerprint density at radius 3 is 1.90 bits per heavy atom. The maximum Gasteiger partial charge on any atom is 0.363 e. The summed E-state index contributed by atoms with van der Waals surface area (Å²) >= 11 is 4.96. The van der Waals surface area contributed by atoms with Crippen LogP contribution < -0.4 is 9.47 Å². The molecule has 0 aliphatic rings. The Hall–Kier alpha value is -2.47. The summed E-state index contributed by atoms with van der Waals surface area (Å²) in [6.07, 6.45) is 0. The first-order valence-corrected chi connectivity index (χ1v) is 6.16. The third-order valence-corrected chi connectivity index (χ3v) is 2.64. The van der Waals surface area contributed by atoms with Gasteiger partial charge in [-0.15, -0.1) is 0 Å². The van der Waals surface area contributed by atoms with Gasteiger partial charge in [-0.25, -0.2) is 0 Å². The van der Waals surface area contributed by atoms with Crippen molar-refractivity contribution in [1.29, 1.82) is 0 Å². The summed E-state index contributed by atoms with van der Waals surface area (Å²) in [4.78, 5) is 10.0. The second-order valence-electron chi connectivity index (χ2n) is 4.02. The van der Waals surface area contributed by atoms with Crippen LogP contribution in [0, 0.1) is 17.0 Å². The summed E-state index contributed by atoms with van der Waals surface area (Å²) in [7, 11) is 0. The maximum atomic E-state index is 10.5. The number of non-ortho nitro benzene ring substituents is 1. The Kier molecular flexibility index (Phi) is 4.27. The molecule has 20 heavy (non-hydrogen) atoms. The predicted molar refractivity (Wildman–Crippen MR) is 78.1 cm³/mol. The van der Waals surface area contributed by atoms with E-state index in [4.69, 9.17) is 21.7 Å². The van der Waals surface area contributed by atoms with Crippen LogP contribution in [-0.4, -0.2) is 10.2 Å². The van der Waals surface area contributed by atoms with Gasteiger partial charge in [-0.2, -0.15) is 0 Å². The largest absolute Gasteiger partial charge is 0.417 e. The lowest BCUT2D eigenvalue weighted by atomic mass is 10.2. The third-order valence-electron chi connectivity index (χ3n) is 2.47. The number of hydrogen-bond acceptors (Lipinski definition) is 5. The Bertz CT molecular complexity index is 623. The summed E-state index contributed by atoms with van der Waals surface area (Å²) in [5.74, 6) is 0.954. The van der Waals surface area contributed by atoms with Crippen LogP contribution in [0.2, 0.25) is 0 Å². The summed E-state index contributed by atoms with van der Waals surface area (Å²) in [5.41, 5.74) is 1.10. The van der Waals surface area contributed by atoms with Crippen molar-refractivity contribution in [3.8, 4) is 11.5 Å². The average Bonchev–Trinajstić information content (AvgIpc) is 2.42. The van der Waals surface area contributed by atoms with Gasteiger partial charge in [0, 0.05) is 24.4 Å². The van der Waals surface area contributed by atoms with Crippen LogP contribution in [0.15, 0.2) is 48.5 Å². The van der Waals surface area contributed by atoms with Gasteiger partial charge in [0.15, 0.2) is 0 Å². The number of benzene rings is 2. The average molecular weight is 289 g/mol. The van der Waals surface area contributed by atoms with Gasteiger partial charge < -0.3 is 9.47 Å². The van der Waals surface area contributed by atoms with E-state index >= 15 is 0 Å². The van der Waals surface area contributed by atoms with Gasteiger partial charge in [0.25, 0.3) is 5.69 Å². The van der Waals surface area contributed by atoms with E-state index in [-0.39, 0.29) is 10.9 Å². The molecular formula is C14H11NO4S. The minimum absolute atomic E-state index is 0.0114. The van der Waals surface area contributed by atoms with Gasteiger partial charge in [0.05, 0.1) is 4.92 Å². The number of thiocarbonyl (C=S) groups is 1. The minimum atomic E-state index is -0.481. The first kappa shape index (κ1) is 14.0. The third kappa shape index (κ3) is 3.76. The molecule has 0 aromatic heterocycles. The van der Waals surface area contributed by atoms with E-state index in [1.807, 2.05) is 19.1 Å². The fourth-order valence-electron chi connectivity index (χ4n) is 1.46. The molecule has 0 bridgehead atoms. The number of rotatable bonds is 3. The number of ether oxygens (including phenoxy) is 2. The predicted octanol–water partition coefficient (Wildman–Crippen LogP) is 3.65. The maximum absolute atomic E-state index is 10.5. The van der Waals surface area contributed by atoms with Gasteiger partial charge in [-0.3, -0.25) is 10.1 Å². The van der Waals surface area contributed by atoms with Crippen molar-refractivity contribution < 1.29 is 14.4 Å². The van der Waals surface area contributed by atoms with Crippen molar-refractivity contribution in [3.05, 3.63) is 64.2 Å². The van der Waals surface area contributed by atoms with E-state index in [0.29, 0.717) is 11.5 Å². The van der Waals surface area contributed by atoms with Crippen LogP contribution in [0.25, 0.3) is 0 Å². The summed E-state index contributed by atoms with van der Waals surface area (Å²) in [6, 6.07) is 12.9. The van der Waals surface area contributed by atoms with E-state index in [9.17, 15) is 10.1 Å². The lowest BCUT2D eigenvalue weighted by Crippen LogP contribution is -2.13. The van der Waals surface area contributed by atoms with Gasteiger partial charge in [-0.05, 0) is 31.2 Å². The normalized spacial score (nSPS) is 9.85. The second-order valence-corrected chi connectivity index (χ2v) is 4.35. The molecule has 0 atom stereocenters. The highest BCUT2D eigenvalue weighted by Crippen LogP contribution is 2.18. The topological polar surface area (TPSA) is 61.6 Å². The fraction of sp³-hybridized carbons (Fsp3) is 0.0714. The molecule has 0 heterocycles. The molecule has 0 radical (unpaired) electrons. The quantitative estimate of drug-likeness (QED) is 0.490. The molecular weight excluding hydrogens is 278 g/mol. The van der Waals surface area contributed by atoms with E-state index in [2.05, 4.69) is 0 Å². The zero-order chi connectivity index (χ0) is 14.5. The van der Waals surface area contributed by atoms with Gasteiger partial charge in [0.2, 0.25) is 0 Å². The van der Waals surface area contributed by atoms with Gasteiger partial charge >= 0.3 is 5.24 Å². The molecule has 2 rings (SSSR count). The first-order chi connectivity index (χ1) is 9.54. The zero-order valence-corrected chi connectivity index (χ0v) is 11.4. The SMILES string of the molecule is Cc1ccc(OC(=S)Oc2ccc([N+](=O)[O-])cc2)cc1. The Morgan fingerprint density at radius 2 is 1.45 bits per heavy atom. The summed E-state index contributed by atoms with van der Waals surface area (Å²) in [6.45, 7) is 1.97. The van der Waals surface area contributed by atoms with E-state index in [0.717, 1.165) is 5.56 Å². The van der Waals surface area contributed by atoms with Crippen molar-refractivity contribution in [1.82, 2.24) is 0 Å². The molecule has 2 aromatic carbocycles. The number of hydrogen-bond donors (Lipinski definition) is 0. The molecule has 0 unspecified atom stereocenters. The van der Waals surface area contributed by atoms with Crippen molar-refractivity contribution in [2.75, 3.05) is 0 Å². The highest BCUT2D eigenvalue weighted by Gasteiger charge is 2.07. The van der Waals surface area contributed by atoms with Crippen LogP contribution in [-0.2, 0) is 0 Å². The molecule has 0 aliphatic heterocycles. The van der Waals surface area contributed by atoms with Crippen molar-refractivity contribution >= 4 is 23.1 Å². The number of aryl methyl sites for hydroxylation is 1. The first-order valence-electron chi connectivity index (χ1n) is 5.75. The monoisotopic (exact) mass is 289 g/mol. The Morgan fingerprint density at radius 1 is 1.00 bits per heavy atom. The van der Waals surface area contributed by atoms with Crippen LogP contribution in [0.3, 0.4) is 0 Å². The highest BCUT2D eigenvalue weighted by atomic mass is 32.1. The molecule has 0 saturated carbocycles. The lowest BCUT2D eigenvalue weighted by Gasteiger charge is -2.08. The van der Waals surface area contributed by atoms with Gasteiger partial charge in [-0.1, -0.05) is 17.7 Å². The molecule has 0 N–H and O–H groups in total. The number of nitrogens with zero attached hydrogens (tertiary/aromatic N) is 1.